The SMILES string of the molecule is O=S1(=O)C2CCC1CC(O)(c1c(C(F)(F)F)cccc1C(F)(F)F)C2. The quantitative estimate of drug-likeness (QED) is 0.748. The number of sulfone groups is 1. The number of benzene rings is 1. The molecule has 3 rings (SSSR count). The molecular formula is C15H14F6O3S. The predicted molar refractivity (Wildman–Crippen MR) is 75.3 cm³/mol. The molecule has 2 fully saturated rings. The molecule has 0 radical (unpaired) electrons. The summed E-state index contributed by atoms with van der Waals surface area (Å²) >= 11 is 0. The number of alkyl halides is 6. The monoisotopic (exact) mass is 388 g/mol. The van der Waals surface area contributed by atoms with E-state index in [1.165, 1.54) is 0 Å². The van der Waals surface area contributed by atoms with Crippen LogP contribution >= 0.6 is 0 Å². The molecule has 1 aromatic rings. The van der Waals surface area contributed by atoms with Crippen molar-refractivity contribution in [2.45, 2.75) is 54.1 Å². The van der Waals surface area contributed by atoms with E-state index >= 15 is 0 Å². The summed E-state index contributed by atoms with van der Waals surface area (Å²) in [6, 6.07) is 1.59. The molecular weight excluding hydrogens is 374 g/mol. The third-order valence-electron chi connectivity index (χ3n) is 5.01. The number of hydrogen-bond donors (Lipinski definition) is 1. The maximum atomic E-state index is 13.3. The van der Waals surface area contributed by atoms with Crippen LogP contribution in [0.3, 0.4) is 0 Å². The lowest BCUT2D eigenvalue weighted by Gasteiger charge is -2.39. The fourth-order valence-corrected chi connectivity index (χ4v) is 6.47. The van der Waals surface area contributed by atoms with E-state index in [0.717, 1.165) is 0 Å². The zero-order valence-corrected chi connectivity index (χ0v) is 13.5. The first kappa shape index (κ1) is 18.5. The van der Waals surface area contributed by atoms with Gasteiger partial charge in [-0.1, -0.05) is 6.07 Å². The van der Waals surface area contributed by atoms with Gasteiger partial charge in [0.05, 0.1) is 27.2 Å². The molecule has 2 saturated heterocycles. The molecule has 0 aromatic heterocycles. The van der Waals surface area contributed by atoms with E-state index in [9.17, 15) is 39.9 Å². The van der Waals surface area contributed by atoms with Crippen molar-refractivity contribution in [2.24, 2.45) is 0 Å². The van der Waals surface area contributed by atoms with E-state index < -0.39 is 67.8 Å². The van der Waals surface area contributed by atoms with Gasteiger partial charge in [0.25, 0.3) is 0 Å². The maximum absolute atomic E-state index is 13.3. The van der Waals surface area contributed by atoms with Crippen LogP contribution in [0, 0.1) is 0 Å². The molecule has 25 heavy (non-hydrogen) atoms. The number of aliphatic hydroxyl groups is 1. The molecule has 140 valence electrons. The van der Waals surface area contributed by atoms with Crippen LogP contribution in [-0.2, 0) is 27.8 Å². The van der Waals surface area contributed by atoms with Crippen LogP contribution in [0.5, 0.6) is 0 Å². The normalized spacial score (nSPS) is 32.0. The van der Waals surface area contributed by atoms with Gasteiger partial charge in [-0.3, -0.25) is 0 Å². The zero-order valence-electron chi connectivity index (χ0n) is 12.7. The lowest BCUT2D eigenvalue weighted by Crippen LogP contribution is -2.45. The van der Waals surface area contributed by atoms with E-state index in [1.807, 2.05) is 0 Å². The van der Waals surface area contributed by atoms with Crippen molar-refractivity contribution < 1.29 is 39.9 Å². The summed E-state index contributed by atoms with van der Waals surface area (Å²) in [7, 11) is -3.63. The van der Waals surface area contributed by atoms with Crippen molar-refractivity contribution in [3.8, 4) is 0 Å². The second-order valence-corrected chi connectivity index (χ2v) is 9.09. The van der Waals surface area contributed by atoms with Crippen molar-refractivity contribution in [3.05, 3.63) is 34.9 Å². The molecule has 2 heterocycles. The Balaban J connectivity index is 2.23. The number of fused-ring (bicyclic) bond motifs is 2. The molecule has 2 aliphatic rings. The van der Waals surface area contributed by atoms with Crippen molar-refractivity contribution >= 4 is 9.84 Å². The van der Waals surface area contributed by atoms with Crippen molar-refractivity contribution in [2.75, 3.05) is 0 Å². The highest BCUT2D eigenvalue weighted by molar-refractivity contribution is 7.93. The van der Waals surface area contributed by atoms with Gasteiger partial charge < -0.3 is 5.11 Å². The second-order valence-electron chi connectivity index (χ2n) is 6.57. The third kappa shape index (κ3) is 2.92. The number of halogens is 6. The van der Waals surface area contributed by atoms with Gasteiger partial charge in [0.1, 0.15) is 0 Å². The average Bonchev–Trinajstić information content (AvgIpc) is 2.63. The van der Waals surface area contributed by atoms with Gasteiger partial charge in [-0.25, -0.2) is 8.42 Å². The summed E-state index contributed by atoms with van der Waals surface area (Å²) in [5.41, 5.74) is -6.91. The lowest BCUT2D eigenvalue weighted by atomic mass is 9.80. The maximum Gasteiger partial charge on any atom is 0.416 e. The van der Waals surface area contributed by atoms with E-state index in [-0.39, 0.29) is 12.8 Å². The van der Waals surface area contributed by atoms with Crippen molar-refractivity contribution in [1.29, 1.82) is 0 Å². The van der Waals surface area contributed by atoms with Crippen LogP contribution in [0.25, 0.3) is 0 Å². The van der Waals surface area contributed by atoms with Crippen molar-refractivity contribution in [3.63, 3.8) is 0 Å². The smallest absolute Gasteiger partial charge is 0.385 e. The van der Waals surface area contributed by atoms with E-state index in [2.05, 4.69) is 0 Å². The van der Waals surface area contributed by atoms with Crippen molar-refractivity contribution in [1.82, 2.24) is 0 Å². The summed E-state index contributed by atoms with van der Waals surface area (Å²) in [4.78, 5) is 0. The van der Waals surface area contributed by atoms with Crippen LogP contribution in [0.4, 0.5) is 26.3 Å². The number of hydrogen-bond acceptors (Lipinski definition) is 3. The Kier molecular flexibility index (Phi) is 3.96. The van der Waals surface area contributed by atoms with Gasteiger partial charge in [0.2, 0.25) is 0 Å². The third-order valence-corrected chi connectivity index (χ3v) is 7.67. The Labute approximate surface area is 139 Å². The van der Waals surface area contributed by atoms with Gasteiger partial charge in [-0.15, -0.1) is 0 Å². The first-order valence-electron chi connectivity index (χ1n) is 7.50. The predicted octanol–water partition coefficient (Wildman–Crippen LogP) is 3.65. The van der Waals surface area contributed by atoms with Gasteiger partial charge >= 0.3 is 12.4 Å². The first-order valence-corrected chi connectivity index (χ1v) is 9.11. The molecule has 0 spiro atoms. The zero-order chi connectivity index (χ0) is 18.8. The molecule has 2 aliphatic heterocycles. The molecule has 1 N–H and O–H groups in total. The Morgan fingerprint density at radius 3 is 1.68 bits per heavy atom. The fraction of sp³-hybridized carbons (Fsp3) is 0.600. The van der Waals surface area contributed by atoms with Crippen LogP contribution in [0.1, 0.15) is 42.4 Å². The molecule has 2 atom stereocenters. The highest BCUT2D eigenvalue weighted by atomic mass is 32.2. The van der Waals surface area contributed by atoms with Gasteiger partial charge in [-0.2, -0.15) is 26.3 Å². The van der Waals surface area contributed by atoms with Crippen LogP contribution in [-0.4, -0.2) is 24.0 Å². The Bertz CT molecular complexity index is 744. The summed E-state index contributed by atoms with van der Waals surface area (Å²) in [6.45, 7) is 0. The fourth-order valence-electron chi connectivity index (χ4n) is 3.98. The Morgan fingerprint density at radius 2 is 1.32 bits per heavy atom. The number of rotatable bonds is 1. The average molecular weight is 388 g/mol. The van der Waals surface area contributed by atoms with Crippen LogP contribution < -0.4 is 0 Å². The topological polar surface area (TPSA) is 54.4 Å². The summed E-state index contributed by atoms with van der Waals surface area (Å²) in [5, 5.41) is 8.53. The highest BCUT2D eigenvalue weighted by Crippen LogP contribution is 2.52. The summed E-state index contributed by atoms with van der Waals surface area (Å²) in [5.74, 6) is 0. The lowest BCUT2D eigenvalue weighted by molar-refractivity contribution is -0.149. The minimum atomic E-state index is -5.11. The minimum absolute atomic E-state index is 0.130. The molecule has 0 aliphatic carbocycles. The first-order chi connectivity index (χ1) is 11.3. The molecule has 10 heteroatoms. The largest absolute Gasteiger partial charge is 0.416 e. The Morgan fingerprint density at radius 1 is 0.920 bits per heavy atom. The summed E-state index contributed by atoms with van der Waals surface area (Å²) in [6.07, 6.45) is -11.3. The van der Waals surface area contributed by atoms with Gasteiger partial charge in [0, 0.05) is 5.56 Å². The van der Waals surface area contributed by atoms with Crippen LogP contribution in [0.15, 0.2) is 18.2 Å². The van der Waals surface area contributed by atoms with E-state index in [1.54, 1.807) is 0 Å². The van der Waals surface area contributed by atoms with E-state index in [0.29, 0.717) is 18.2 Å². The molecule has 0 saturated carbocycles. The highest BCUT2D eigenvalue weighted by Gasteiger charge is 2.57. The minimum Gasteiger partial charge on any atom is -0.385 e. The Hall–Kier alpha value is -1.29. The van der Waals surface area contributed by atoms with Crippen LogP contribution in [0.2, 0.25) is 0 Å². The molecule has 0 amide bonds. The molecule has 1 aromatic carbocycles. The second kappa shape index (κ2) is 5.35. The van der Waals surface area contributed by atoms with Gasteiger partial charge in [0.15, 0.2) is 9.84 Å². The summed E-state index contributed by atoms with van der Waals surface area (Å²) < 4.78 is 104. The molecule has 2 bridgehead atoms. The van der Waals surface area contributed by atoms with Gasteiger partial charge in [-0.05, 0) is 37.8 Å². The molecule has 2 unspecified atom stereocenters. The van der Waals surface area contributed by atoms with E-state index in [4.69, 9.17) is 0 Å². The molecule has 3 nitrogen and oxygen atoms in total. The standard InChI is InChI=1S/C15H14F6O3S/c16-14(17,18)10-2-1-3-11(15(19,20)21)12(10)13(22)6-8-4-5-9(7-13)25(8,23)24/h1-3,8-9,22H,4-7H2.